The quantitative estimate of drug-likeness (QED) is 0.0401. The first-order valence-corrected chi connectivity index (χ1v) is 17.2. The van der Waals surface area contributed by atoms with Crippen LogP contribution in [-0.4, -0.2) is 65.3 Å². The van der Waals surface area contributed by atoms with Gasteiger partial charge in [-0.1, -0.05) is 122 Å². The lowest BCUT2D eigenvalue weighted by molar-refractivity contribution is -0.870. The smallest absolute Gasteiger partial charge is 0.507 e. The second-order valence-electron chi connectivity index (χ2n) is 12.0. The lowest BCUT2D eigenvalue weighted by atomic mass is 10.0. The maximum atomic E-state index is 12.1. The number of hydrogen-bond acceptors (Lipinski definition) is 7. The minimum Gasteiger partial charge on any atom is -0.756 e. The van der Waals surface area contributed by atoms with Gasteiger partial charge in [0, 0.05) is 5.92 Å². The third kappa shape index (κ3) is 28.7. The van der Waals surface area contributed by atoms with Crippen molar-refractivity contribution < 1.29 is 37.3 Å². The number of hydrogen-bond donors (Lipinski definition) is 0. The molecule has 0 aromatic heterocycles. The summed E-state index contributed by atoms with van der Waals surface area (Å²) in [5.41, 5.74) is 0. The molecule has 0 rings (SSSR count). The van der Waals surface area contributed by atoms with Crippen molar-refractivity contribution in [1.29, 1.82) is 0 Å². The molecule has 0 aliphatic heterocycles. The molecule has 0 aliphatic rings. The zero-order valence-electron chi connectivity index (χ0n) is 26.1. The van der Waals surface area contributed by atoms with Gasteiger partial charge in [-0.25, -0.2) is 4.79 Å². The topological polar surface area (TPSA) is 94.1 Å². The van der Waals surface area contributed by atoms with Crippen LogP contribution >= 0.6 is 7.82 Å². The summed E-state index contributed by atoms with van der Waals surface area (Å²) in [6.07, 6.45) is 23.6. The van der Waals surface area contributed by atoms with Gasteiger partial charge in [0.25, 0.3) is 7.82 Å². The molecule has 0 N–H and O–H groups in total. The highest BCUT2D eigenvalue weighted by molar-refractivity contribution is 7.45. The van der Waals surface area contributed by atoms with Crippen molar-refractivity contribution in [3.8, 4) is 0 Å². The molecule has 0 radical (unpaired) electrons. The monoisotopic (exact) mass is 579 g/mol. The first-order valence-electron chi connectivity index (χ1n) is 15.7. The number of methoxy groups -OCH3 is 1. The van der Waals surface area contributed by atoms with Crippen molar-refractivity contribution in [2.45, 2.75) is 129 Å². The summed E-state index contributed by atoms with van der Waals surface area (Å²) in [4.78, 5) is 23.5. The zero-order valence-corrected chi connectivity index (χ0v) is 27.0. The van der Waals surface area contributed by atoms with E-state index in [1.54, 1.807) is 0 Å². The fourth-order valence-corrected chi connectivity index (χ4v) is 5.23. The number of unbranched alkanes of at least 4 members (excludes halogenated alkanes) is 17. The van der Waals surface area contributed by atoms with E-state index in [1.807, 2.05) is 21.1 Å². The lowest BCUT2D eigenvalue weighted by Crippen LogP contribution is -2.37. The summed E-state index contributed by atoms with van der Waals surface area (Å²) in [6.45, 7) is 2.87. The van der Waals surface area contributed by atoms with Crippen LogP contribution in [0.15, 0.2) is 0 Å². The Morgan fingerprint density at radius 3 is 1.56 bits per heavy atom. The predicted octanol–water partition coefficient (Wildman–Crippen LogP) is 8.03. The van der Waals surface area contributed by atoms with Crippen LogP contribution in [0.5, 0.6) is 0 Å². The van der Waals surface area contributed by atoms with Gasteiger partial charge < -0.3 is 27.9 Å². The van der Waals surface area contributed by atoms with Crippen LogP contribution in [0.3, 0.4) is 0 Å². The number of carbonyl (C=O) groups is 1. The van der Waals surface area contributed by atoms with E-state index < -0.39 is 14.0 Å². The molecule has 0 aliphatic carbocycles. The summed E-state index contributed by atoms with van der Waals surface area (Å²) in [7, 11) is 2.73. The summed E-state index contributed by atoms with van der Waals surface area (Å²) in [5.74, 6) is -0.227. The molecule has 0 spiro atoms. The second-order valence-corrected chi connectivity index (χ2v) is 13.4. The molecule has 39 heavy (non-hydrogen) atoms. The van der Waals surface area contributed by atoms with E-state index in [1.165, 1.54) is 103 Å². The van der Waals surface area contributed by atoms with E-state index in [2.05, 4.69) is 11.7 Å². The molecule has 2 atom stereocenters. The van der Waals surface area contributed by atoms with Crippen LogP contribution in [0.2, 0.25) is 0 Å². The Kier molecular flexibility index (Phi) is 24.7. The molecule has 9 heteroatoms. The Morgan fingerprint density at radius 1 is 0.718 bits per heavy atom. The molecule has 0 aromatic carbocycles. The maximum Gasteiger partial charge on any atom is 0.507 e. The van der Waals surface area contributed by atoms with Crippen LogP contribution < -0.4 is 4.89 Å². The molecule has 0 amide bonds. The predicted molar refractivity (Wildman–Crippen MR) is 158 cm³/mol. The molecule has 0 bridgehead atoms. The van der Waals surface area contributed by atoms with Crippen LogP contribution in [0.4, 0.5) is 4.79 Å². The Labute approximate surface area is 240 Å². The normalized spacial score (nSPS) is 14.2. The van der Waals surface area contributed by atoms with Crippen molar-refractivity contribution >= 4 is 14.0 Å². The van der Waals surface area contributed by atoms with Crippen LogP contribution in [0, 0.1) is 5.92 Å². The Morgan fingerprint density at radius 2 is 1.15 bits per heavy atom. The number of rotatable bonds is 28. The fourth-order valence-electron chi connectivity index (χ4n) is 4.45. The largest absolute Gasteiger partial charge is 0.756 e. The number of nitrogens with zero attached hydrogens (tertiary/aromatic N) is 1. The first-order chi connectivity index (χ1) is 18.6. The summed E-state index contributed by atoms with van der Waals surface area (Å²) in [5, 5.41) is 0. The van der Waals surface area contributed by atoms with Gasteiger partial charge in [-0.15, -0.1) is 0 Å². The number of likely N-dealkylation sites (N-methyl/N-ethyl adjacent to an activating group) is 1. The highest BCUT2D eigenvalue weighted by atomic mass is 31.2. The van der Waals surface area contributed by atoms with Crippen molar-refractivity contribution in [1.82, 2.24) is 0 Å². The molecule has 234 valence electrons. The van der Waals surface area contributed by atoms with Gasteiger partial charge in [0.15, 0.2) is 0 Å². The van der Waals surface area contributed by atoms with Gasteiger partial charge >= 0.3 is 6.16 Å². The van der Waals surface area contributed by atoms with Gasteiger partial charge in [0.1, 0.15) is 13.2 Å². The zero-order chi connectivity index (χ0) is 29.2. The van der Waals surface area contributed by atoms with Gasteiger partial charge in [-0.05, 0) is 6.42 Å². The van der Waals surface area contributed by atoms with Crippen molar-refractivity contribution in [3.63, 3.8) is 0 Å². The third-order valence-corrected chi connectivity index (χ3v) is 8.01. The van der Waals surface area contributed by atoms with E-state index in [4.69, 9.17) is 13.8 Å². The van der Waals surface area contributed by atoms with E-state index in [9.17, 15) is 14.3 Å². The highest BCUT2D eigenvalue weighted by Crippen LogP contribution is 2.39. The van der Waals surface area contributed by atoms with Crippen LogP contribution in [-0.2, 0) is 23.1 Å². The van der Waals surface area contributed by atoms with Gasteiger partial charge in [0.05, 0.1) is 41.5 Å². The minimum atomic E-state index is -4.40. The summed E-state index contributed by atoms with van der Waals surface area (Å²) < 4.78 is 32.3. The molecule has 8 nitrogen and oxygen atoms in total. The highest BCUT2D eigenvalue weighted by Gasteiger charge is 2.18. The Bertz CT molecular complexity index is 613. The molecule has 0 heterocycles. The molecular formula is C30H62NO7P. The second kappa shape index (κ2) is 25.1. The molecular weight excluding hydrogens is 517 g/mol. The number of phosphoric acid groups is 1. The van der Waals surface area contributed by atoms with E-state index in [-0.39, 0.29) is 25.7 Å². The van der Waals surface area contributed by atoms with Gasteiger partial charge in [-0.3, -0.25) is 4.57 Å². The van der Waals surface area contributed by atoms with E-state index in [0.717, 1.165) is 19.3 Å². The fraction of sp³-hybridized carbons (Fsp3) is 0.967. The van der Waals surface area contributed by atoms with E-state index in [0.29, 0.717) is 17.4 Å². The van der Waals surface area contributed by atoms with Crippen molar-refractivity contribution in [2.24, 2.45) is 5.92 Å². The molecule has 0 aromatic rings. The number of carbonyl (C=O) groups excluding carboxylic acids is 1. The molecule has 0 saturated carbocycles. The number of phosphoric ester groups is 1. The summed E-state index contributed by atoms with van der Waals surface area (Å²) in [6, 6.07) is 0. The molecule has 2 unspecified atom stereocenters. The average Bonchev–Trinajstić information content (AvgIpc) is 2.87. The van der Waals surface area contributed by atoms with Crippen molar-refractivity contribution in [3.05, 3.63) is 0 Å². The standard InChI is InChI=1S/C30H62NO7P/c1-6-7-8-9-10-11-12-13-14-15-16-17-18-19-20-21-22-23-24-29(27-36-30(32)35-5)28-38-39(33,34)37-26-25-31(2,3)4/h29H,6-28H2,1-5H3. The Hall–Kier alpha value is -0.660. The van der Waals surface area contributed by atoms with Gasteiger partial charge in [-0.2, -0.15) is 0 Å². The molecule has 0 fully saturated rings. The number of ether oxygens (including phenoxy) is 2. The first kappa shape index (κ1) is 38.3. The average molecular weight is 580 g/mol. The number of quaternary nitrogens is 1. The molecule has 0 saturated heterocycles. The minimum absolute atomic E-state index is 0.0600. The lowest BCUT2D eigenvalue weighted by Gasteiger charge is -2.28. The third-order valence-electron chi connectivity index (χ3n) is 7.05. The van der Waals surface area contributed by atoms with E-state index >= 15 is 0 Å². The summed E-state index contributed by atoms with van der Waals surface area (Å²) >= 11 is 0. The SMILES string of the molecule is CCCCCCCCCCCCCCCCCCCCC(COC(=O)OC)COP(=O)([O-])OCC[N+](C)(C)C. The van der Waals surface area contributed by atoms with Crippen LogP contribution in [0.25, 0.3) is 0 Å². The van der Waals surface area contributed by atoms with Crippen molar-refractivity contribution in [2.75, 3.05) is 54.6 Å². The van der Waals surface area contributed by atoms with Gasteiger partial charge in [0.2, 0.25) is 0 Å². The van der Waals surface area contributed by atoms with Crippen LogP contribution in [0.1, 0.15) is 129 Å². The maximum absolute atomic E-state index is 12.1. The Balaban J connectivity index is 3.87.